The number of likely N-dealkylation sites (tertiary alicyclic amines) is 1. The number of rotatable bonds is 3. The molecule has 0 radical (unpaired) electrons. The summed E-state index contributed by atoms with van der Waals surface area (Å²) < 4.78 is 5.48. The first kappa shape index (κ1) is 23.8. The van der Waals surface area contributed by atoms with Gasteiger partial charge in [-0.3, -0.25) is 14.0 Å². The van der Waals surface area contributed by atoms with Gasteiger partial charge in [0.05, 0.1) is 10.7 Å². The molecule has 0 saturated carbocycles. The fraction of sp³-hybridized carbons (Fsp3) is 0.385. The van der Waals surface area contributed by atoms with Crippen molar-refractivity contribution in [1.29, 1.82) is 0 Å². The molecule has 3 aromatic heterocycles. The topological polar surface area (TPSA) is 56.2 Å². The van der Waals surface area contributed by atoms with E-state index in [1.165, 1.54) is 60.1 Å². The molecule has 4 heterocycles. The number of isothiocyanates is 1. The van der Waals surface area contributed by atoms with Gasteiger partial charge in [0.2, 0.25) is 0 Å². The van der Waals surface area contributed by atoms with E-state index in [9.17, 15) is 0 Å². The number of piperidine rings is 1. The van der Waals surface area contributed by atoms with Crippen molar-refractivity contribution in [3.8, 4) is 0 Å². The van der Waals surface area contributed by atoms with Crippen molar-refractivity contribution in [3.05, 3.63) is 72.5 Å². The van der Waals surface area contributed by atoms with Gasteiger partial charge < -0.3 is 0 Å². The van der Waals surface area contributed by atoms with Gasteiger partial charge in [-0.05, 0) is 87.3 Å². The minimum absolute atomic E-state index is 0.644. The molecule has 180 valence electrons. The van der Waals surface area contributed by atoms with Crippen LogP contribution in [0.3, 0.4) is 0 Å². The first-order chi connectivity index (χ1) is 17.1. The molecule has 6 rings (SSSR count). The van der Waals surface area contributed by atoms with Crippen LogP contribution >= 0.6 is 24.4 Å². The van der Waals surface area contributed by atoms with E-state index in [0.29, 0.717) is 17.1 Å². The third-order valence-electron chi connectivity index (χ3n) is 7.17. The highest BCUT2D eigenvalue weighted by Gasteiger charge is 2.38. The summed E-state index contributed by atoms with van der Waals surface area (Å²) >= 11 is 10.0. The molecule has 0 N–H and O–H groups in total. The normalized spacial score (nSPS) is 18.9. The third kappa shape index (κ3) is 4.41. The zero-order valence-corrected chi connectivity index (χ0v) is 21.7. The number of nitrogens with zero attached hydrogens (tertiary/aromatic N) is 7. The maximum atomic E-state index is 5.14. The molecule has 9 heteroatoms. The Kier molecular flexibility index (Phi) is 7.02. The van der Waals surface area contributed by atoms with Crippen LogP contribution in [0.15, 0.2) is 60.7 Å². The van der Waals surface area contributed by atoms with Crippen molar-refractivity contribution < 1.29 is 0 Å². The second kappa shape index (κ2) is 10.3. The molecule has 4 aromatic rings. The lowest BCUT2D eigenvalue weighted by Gasteiger charge is -2.44. The predicted octanol–water partition coefficient (Wildman–Crippen LogP) is 5.09. The number of thiocarbonyl (C=S) groups is 2. The van der Waals surface area contributed by atoms with Crippen LogP contribution in [-0.4, -0.2) is 58.1 Å². The number of hydrogen-bond donors (Lipinski definition) is 0. The third-order valence-corrected chi connectivity index (χ3v) is 7.67. The molecule has 1 aromatic carbocycles. The Labute approximate surface area is 216 Å². The van der Waals surface area contributed by atoms with Gasteiger partial charge >= 0.3 is 0 Å². The number of benzene rings is 1. The van der Waals surface area contributed by atoms with Crippen molar-refractivity contribution in [3.63, 3.8) is 0 Å². The number of imidazole rings is 2. The van der Waals surface area contributed by atoms with Crippen LogP contribution in [0.2, 0.25) is 0 Å². The fourth-order valence-corrected chi connectivity index (χ4v) is 5.99. The van der Waals surface area contributed by atoms with Gasteiger partial charge in [-0.2, -0.15) is 0 Å². The van der Waals surface area contributed by atoms with E-state index >= 15 is 0 Å². The average molecular weight is 504 g/mol. The minimum atomic E-state index is 0.644. The van der Waals surface area contributed by atoms with Crippen LogP contribution in [-0.2, 0) is 6.42 Å². The number of fused-ring (bicyclic) bond motifs is 2. The van der Waals surface area contributed by atoms with E-state index in [1.807, 2.05) is 4.68 Å². The van der Waals surface area contributed by atoms with E-state index in [2.05, 4.69) is 57.2 Å². The highest BCUT2D eigenvalue weighted by Crippen LogP contribution is 2.45. The predicted molar refractivity (Wildman–Crippen MR) is 146 cm³/mol. The Bertz CT molecular complexity index is 1330. The molecular formula is C26H29N7S2. The molecule has 0 bridgehead atoms. The van der Waals surface area contributed by atoms with Gasteiger partial charge in [0, 0.05) is 47.8 Å². The number of aromatic nitrogens is 5. The summed E-state index contributed by atoms with van der Waals surface area (Å²) in [6.07, 6.45) is 15.3. The molecule has 0 unspecified atom stereocenters. The van der Waals surface area contributed by atoms with Gasteiger partial charge in [0.15, 0.2) is 5.11 Å². The Morgan fingerprint density at radius 2 is 1.91 bits per heavy atom. The second-order valence-electron chi connectivity index (χ2n) is 9.09. The maximum Gasteiger partial charge on any atom is 0.190 e. The standard InChI is InChI=1S/C19H23N3S.C7H6N4S/c1-3-9-21-10-5-7-14-15-6-4-8-17-19(15)16(11-18(14)21)13(2)22(17)20-12-23;12-7(10-3-1-8-5-10)11-4-2-9-6-11/h4,6,8,14,18H,3,5,7,9-11H2,1-2H3;1-6H/t14-,18-;/m1./s1. The lowest BCUT2D eigenvalue weighted by atomic mass is 9.74. The Morgan fingerprint density at radius 1 is 1.17 bits per heavy atom. The molecule has 2 aliphatic rings. The summed E-state index contributed by atoms with van der Waals surface area (Å²) in [7, 11) is 0. The van der Waals surface area contributed by atoms with E-state index < -0.39 is 0 Å². The SMILES string of the molecule is CCCN1CCC[C@@H]2c3cccc4c3c(c(C)n4N=C=S)C[C@H]21.S=C(n1ccnc1)n1ccnc1. The molecule has 2 atom stereocenters. The Balaban J connectivity index is 0.000000178. The van der Waals surface area contributed by atoms with E-state index in [4.69, 9.17) is 24.4 Å². The summed E-state index contributed by atoms with van der Waals surface area (Å²) in [5, 5.41) is 8.93. The molecule has 1 fully saturated rings. The van der Waals surface area contributed by atoms with Crippen LogP contribution in [0.5, 0.6) is 0 Å². The summed E-state index contributed by atoms with van der Waals surface area (Å²) in [5.74, 6) is 0.665. The Hall–Kier alpha value is -2.97. The summed E-state index contributed by atoms with van der Waals surface area (Å²) in [4.78, 5) is 10.5. The molecule has 0 amide bonds. The van der Waals surface area contributed by atoms with E-state index in [0.717, 1.165) is 6.42 Å². The van der Waals surface area contributed by atoms with Crippen molar-refractivity contribution in [1.82, 2.24) is 28.7 Å². The van der Waals surface area contributed by atoms with Crippen molar-refractivity contribution in [2.45, 2.75) is 51.5 Å². The van der Waals surface area contributed by atoms with E-state index in [1.54, 1.807) is 46.6 Å². The highest BCUT2D eigenvalue weighted by molar-refractivity contribution is 7.80. The highest BCUT2D eigenvalue weighted by atomic mass is 32.1. The monoisotopic (exact) mass is 503 g/mol. The van der Waals surface area contributed by atoms with Crippen LogP contribution in [0.1, 0.15) is 48.9 Å². The zero-order valence-electron chi connectivity index (χ0n) is 20.0. The first-order valence-corrected chi connectivity index (χ1v) is 12.9. The van der Waals surface area contributed by atoms with Gasteiger partial charge in [-0.15, -0.1) is 5.10 Å². The first-order valence-electron chi connectivity index (χ1n) is 12.1. The average Bonchev–Trinajstić information content (AvgIpc) is 3.65. The Morgan fingerprint density at radius 3 is 2.54 bits per heavy atom. The van der Waals surface area contributed by atoms with Gasteiger partial charge in [-0.1, -0.05) is 19.1 Å². The van der Waals surface area contributed by atoms with Crippen molar-refractivity contribution in [2.24, 2.45) is 5.10 Å². The summed E-state index contributed by atoms with van der Waals surface area (Å²) in [5.41, 5.74) is 5.41. The molecule has 1 aliphatic heterocycles. The summed E-state index contributed by atoms with van der Waals surface area (Å²) in [6.45, 7) is 6.92. The second-order valence-corrected chi connectivity index (χ2v) is 9.63. The molecule has 1 saturated heterocycles. The molecular weight excluding hydrogens is 474 g/mol. The largest absolute Gasteiger partial charge is 0.299 e. The molecule has 0 spiro atoms. The van der Waals surface area contributed by atoms with Crippen LogP contribution in [0, 0.1) is 6.92 Å². The smallest absolute Gasteiger partial charge is 0.190 e. The van der Waals surface area contributed by atoms with Crippen molar-refractivity contribution >= 4 is 45.6 Å². The van der Waals surface area contributed by atoms with Gasteiger partial charge in [-0.25, -0.2) is 14.6 Å². The fourth-order valence-electron chi connectivity index (χ4n) is 5.69. The lowest BCUT2D eigenvalue weighted by Crippen LogP contribution is -2.47. The van der Waals surface area contributed by atoms with Gasteiger partial charge in [0.1, 0.15) is 12.7 Å². The minimum Gasteiger partial charge on any atom is -0.299 e. The quantitative estimate of drug-likeness (QED) is 0.288. The molecule has 35 heavy (non-hydrogen) atoms. The van der Waals surface area contributed by atoms with Crippen molar-refractivity contribution in [2.75, 3.05) is 13.1 Å². The van der Waals surface area contributed by atoms with Crippen LogP contribution in [0.4, 0.5) is 0 Å². The summed E-state index contributed by atoms with van der Waals surface area (Å²) in [6, 6.07) is 7.33. The van der Waals surface area contributed by atoms with Gasteiger partial charge in [0.25, 0.3) is 0 Å². The molecule has 7 nitrogen and oxygen atoms in total. The number of hydrogen-bond acceptors (Lipinski definition) is 6. The maximum absolute atomic E-state index is 5.14. The van der Waals surface area contributed by atoms with Crippen LogP contribution < -0.4 is 0 Å². The van der Waals surface area contributed by atoms with Crippen LogP contribution in [0.25, 0.3) is 10.9 Å². The lowest BCUT2D eigenvalue weighted by molar-refractivity contribution is 0.124. The zero-order chi connectivity index (χ0) is 24.4. The molecule has 1 aliphatic carbocycles. The van der Waals surface area contributed by atoms with E-state index in [-0.39, 0.29) is 0 Å².